The van der Waals surface area contributed by atoms with Crippen LogP contribution in [0.25, 0.3) is 0 Å². The summed E-state index contributed by atoms with van der Waals surface area (Å²) >= 11 is 0. The second-order valence-corrected chi connectivity index (χ2v) is 15.8. The molecule has 0 aliphatic carbocycles. The van der Waals surface area contributed by atoms with Gasteiger partial charge in [0.2, 0.25) is 0 Å². The zero-order valence-corrected chi connectivity index (χ0v) is 34.8. The number of hydrogen-bond donors (Lipinski definition) is 1. The van der Waals surface area contributed by atoms with Crippen molar-refractivity contribution in [3.63, 3.8) is 0 Å². The van der Waals surface area contributed by atoms with Crippen LogP contribution in [0.5, 0.6) is 0 Å². The lowest BCUT2D eigenvalue weighted by Crippen LogP contribution is -2.31. The van der Waals surface area contributed by atoms with E-state index in [1.165, 1.54) is 0 Å². The third kappa shape index (κ3) is 16.5. The van der Waals surface area contributed by atoms with E-state index < -0.39 is 14.1 Å². The molecule has 0 bridgehead atoms. The molecule has 2 heterocycles. The Labute approximate surface area is 338 Å². The number of carbonyl (C=O) groups is 2. The summed E-state index contributed by atoms with van der Waals surface area (Å²) in [5.41, 5.74) is 5.06. The normalized spacial score (nSPS) is 24.9. The second-order valence-electron chi connectivity index (χ2n) is 14.4. The molecule has 2 aliphatic heterocycles. The maximum Gasteiger partial charge on any atom is 0.338 e. The average molecular weight is 797 g/mol. The van der Waals surface area contributed by atoms with E-state index in [0.717, 1.165) is 35.1 Å². The lowest BCUT2D eigenvalue weighted by molar-refractivity contribution is -0.104. The molecule has 310 valence electrons. The Kier molecular flexibility index (Phi) is 23.7. The van der Waals surface area contributed by atoms with Gasteiger partial charge >= 0.3 is 11.9 Å². The summed E-state index contributed by atoms with van der Waals surface area (Å²) < 4.78 is 39.2. The molecule has 0 spiro atoms. The number of hydrogen-bond acceptors (Lipinski definition) is 10. The molecule has 0 amide bonds. The minimum Gasteiger partial charge on any atom is -0.459 e. The Bertz CT molecular complexity index is 1510. The number of methoxy groups -OCH3 is 2. The Hall–Kier alpha value is -2.89. The van der Waals surface area contributed by atoms with Gasteiger partial charge in [-0.25, -0.2) is 9.59 Å². The van der Waals surface area contributed by atoms with Crippen molar-refractivity contribution in [2.24, 2.45) is 11.8 Å². The third-order valence-electron chi connectivity index (χ3n) is 9.94. The van der Waals surface area contributed by atoms with E-state index in [1.54, 1.807) is 14.2 Å². The van der Waals surface area contributed by atoms with Gasteiger partial charge in [0.25, 0.3) is 0 Å². The van der Waals surface area contributed by atoms with Crippen molar-refractivity contribution in [1.29, 1.82) is 0 Å². The number of aryl methyl sites for hydroxylation is 2. The predicted octanol–water partition coefficient (Wildman–Crippen LogP) is 8.61. The van der Waals surface area contributed by atoms with Crippen molar-refractivity contribution in [2.75, 3.05) is 47.7 Å². The first kappa shape index (κ1) is 49.3. The van der Waals surface area contributed by atoms with Gasteiger partial charge in [0, 0.05) is 46.5 Å². The van der Waals surface area contributed by atoms with Gasteiger partial charge < -0.3 is 38.1 Å². The van der Waals surface area contributed by atoms with Crippen molar-refractivity contribution in [1.82, 2.24) is 0 Å². The van der Waals surface area contributed by atoms with E-state index in [4.69, 9.17) is 40.5 Å². The maximum absolute atomic E-state index is 13.1. The highest BCUT2D eigenvalue weighted by molar-refractivity contribution is 7.77. The van der Waals surface area contributed by atoms with Crippen molar-refractivity contribution in [2.45, 2.75) is 111 Å². The van der Waals surface area contributed by atoms with Crippen LogP contribution in [0.15, 0.2) is 60.7 Å². The molecular formula is C44H66BO10P. The first-order valence-electron chi connectivity index (χ1n) is 19.3. The average Bonchev–Trinajstić information content (AvgIpc) is 3.14. The van der Waals surface area contributed by atoms with E-state index in [2.05, 4.69) is 38.2 Å². The molecule has 12 heteroatoms. The molecule has 2 aliphatic rings. The monoisotopic (exact) mass is 796 g/mol. The highest BCUT2D eigenvalue weighted by Gasteiger charge is 2.28. The molecule has 0 aromatic heterocycles. The zero-order valence-electron chi connectivity index (χ0n) is 33.9. The first-order chi connectivity index (χ1) is 26.5. The van der Waals surface area contributed by atoms with Crippen molar-refractivity contribution < 1.29 is 47.6 Å². The van der Waals surface area contributed by atoms with Crippen molar-refractivity contribution in [3.8, 4) is 0 Å². The van der Waals surface area contributed by atoms with E-state index in [0.29, 0.717) is 56.3 Å². The molecular weight excluding hydrogens is 730 g/mol. The van der Waals surface area contributed by atoms with Gasteiger partial charge in [0.15, 0.2) is 0 Å². The fourth-order valence-corrected chi connectivity index (χ4v) is 7.22. The van der Waals surface area contributed by atoms with E-state index in [1.807, 2.05) is 56.9 Å². The highest BCUT2D eigenvalue weighted by atomic mass is 31.1. The zero-order chi connectivity index (χ0) is 40.2. The largest absolute Gasteiger partial charge is 0.459 e. The summed E-state index contributed by atoms with van der Waals surface area (Å²) in [7, 11) is 8.01. The molecule has 1 N–H and O–H groups in total. The number of esters is 2. The molecule has 0 fully saturated rings. The summed E-state index contributed by atoms with van der Waals surface area (Å²) in [6.07, 6.45) is 12.8. The quantitative estimate of drug-likeness (QED) is 0.0736. The van der Waals surface area contributed by atoms with E-state index in [9.17, 15) is 14.7 Å². The van der Waals surface area contributed by atoms with Crippen LogP contribution >= 0.6 is 8.03 Å². The minimum absolute atomic E-state index is 0. The molecule has 56 heavy (non-hydrogen) atoms. The topological polar surface area (TPSA) is 119 Å². The molecule has 3 unspecified atom stereocenters. The van der Waals surface area contributed by atoms with Crippen LogP contribution in [-0.2, 0) is 45.8 Å². The first-order valence-corrected chi connectivity index (χ1v) is 21.1. The van der Waals surface area contributed by atoms with Crippen molar-refractivity contribution >= 4 is 27.5 Å². The molecule has 10 nitrogen and oxygen atoms in total. The maximum atomic E-state index is 13.1. The molecule has 0 saturated heterocycles. The summed E-state index contributed by atoms with van der Waals surface area (Å²) in [4.78, 5) is 25.9. The van der Waals surface area contributed by atoms with Gasteiger partial charge in [-0.1, -0.05) is 82.0 Å². The summed E-state index contributed by atoms with van der Waals surface area (Å²) in [5, 5.41) is 9.40. The molecule has 2 aromatic rings. The van der Waals surface area contributed by atoms with Crippen molar-refractivity contribution in [3.05, 3.63) is 94.1 Å². The number of rotatable bonds is 12. The minimum atomic E-state index is -0.945. The summed E-state index contributed by atoms with van der Waals surface area (Å²) in [6.45, 7) is 10.8. The van der Waals surface area contributed by atoms with Gasteiger partial charge in [0.05, 0.1) is 29.9 Å². The lowest BCUT2D eigenvalue weighted by atomic mass is 9.93. The molecule has 2 radical (unpaired) electrons. The Morgan fingerprint density at radius 1 is 0.750 bits per heavy atom. The second kappa shape index (κ2) is 26.9. The van der Waals surface area contributed by atoms with Gasteiger partial charge in [-0.2, -0.15) is 0 Å². The molecule has 7 atom stereocenters. The van der Waals surface area contributed by atoms with Crippen LogP contribution in [0.1, 0.15) is 103 Å². The molecule has 2 aromatic carbocycles. The fourth-order valence-electron chi connectivity index (χ4n) is 6.83. The van der Waals surface area contributed by atoms with Gasteiger partial charge in [-0.3, -0.25) is 0 Å². The smallest absolute Gasteiger partial charge is 0.338 e. The van der Waals surface area contributed by atoms with Crippen LogP contribution in [-0.4, -0.2) is 96.7 Å². The highest BCUT2D eigenvalue weighted by Crippen LogP contribution is 2.29. The number of cyclic esters (lactones) is 2. The number of fused-ring (bicyclic) bond motifs is 2. The van der Waals surface area contributed by atoms with Gasteiger partial charge in [0.1, 0.15) is 33.4 Å². The Morgan fingerprint density at radius 2 is 1.20 bits per heavy atom. The Morgan fingerprint density at radius 3 is 1.61 bits per heavy atom. The van der Waals surface area contributed by atoms with Crippen LogP contribution in [0.2, 0.25) is 0 Å². The van der Waals surface area contributed by atoms with Crippen LogP contribution in [0.4, 0.5) is 0 Å². The predicted molar refractivity (Wildman–Crippen MR) is 224 cm³/mol. The number of aliphatic hydroxyl groups excluding tert-OH is 1. The molecule has 4 rings (SSSR count). The fraction of sp³-hybridized carbons (Fsp3) is 0.591. The third-order valence-corrected chi connectivity index (χ3v) is 10.5. The number of ether oxygens (including phenoxy) is 6. The summed E-state index contributed by atoms with van der Waals surface area (Å²) in [5.74, 6) is -0.110. The van der Waals surface area contributed by atoms with E-state index in [-0.39, 0.29) is 69.7 Å². The number of aliphatic hydroxyl groups is 1. The molecule has 0 saturated carbocycles. The van der Waals surface area contributed by atoms with E-state index >= 15 is 0 Å². The SMILES string of the molecule is C.COCO[C@@H]1CC(CCO)OC(=O)c2c(C)cccc2C/C=C/C[C@@H]1C.[B]P(C)OCCC1C[C@@H](OCOC)[C@@H](C)C/C=C/Cc2cccc(C)c2C(=O)O1. The summed E-state index contributed by atoms with van der Waals surface area (Å²) in [6, 6.07) is 11.8. The number of benzene rings is 2. The number of carbonyl (C=O) groups excluding carboxylic acids is 2. The number of allylic oxidation sites excluding steroid dienone is 4. The Balaban J connectivity index is 0.000000382. The van der Waals surface area contributed by atoms with Crippen LogP contribution in [0.3, 0.4) is 0 Å². The standard InChI is InChI=1S/C22H32BO5P.C21H30O5.CH4/c1-16-8-5-6-10-18-11-7-9-17(2)21(18)22(24)28-19(12-13-27-29(4)23)14-20(16)26-15-25-3;1-15-7-4-5-9-17-10-6-8-16(2)20(17)21(23)26-18(11-12-22)13-19(15)25-14-24-3;/h5-7,9,11,16,19-20H,8,10,12-15H2,1-4H3;4-6,8,10,15,18-19,22H,7,9,11-14H2,1-3H3;1H4/b6-5+;5-4+;/t16-,19?,20+,29?;15-,18?,19+;/m00./s1. The van der Waals surface area contributed by atoms with Gasteiger partial charge in [-0.15, -0.1) is 0 Å². The van der Waals surface area contributed by atoms with Crippen LogP contribution < -0.4 is 0 Å². The van der Waals surface area contributed by atoms with Gasteiger partial charge in [-0.05, 0) is 88.3 Å². The lowest BCUT2D eigenvalue weighted by Gasteiger charge is -2.28. The van der Waals surface area contributed by atoms with Crippen LogP contribution in [0, 0.1) is 25.7 Å².